The molecule has 1 heterocycles. The van der Waals surface area contributed by atoms with Gasteiger partial charge in [-0.15, -0.1) is 11.3 Å². The van der Waals surface area contributed by atoms with E-state index in [1.54, 1.807) is 13.0 Å². The molecule has 2 aromatic rings. The molecule has 1 unspecified atom stereocenters. The Balaban J connectivity index is 2.21. The summed E-state index contributed by atoms with van der Waals surface area (Å²) in [5.41, 5.74) is 1.40. The highest BCUT2D eigenvalue weighted by Gasteiger charge is 2.20. The lowest BCUT2D eigenvalue weighted by atomic mass is 10.1. The quantitative estimate of drug-likeness (QED) is 0.694. The number of rotatable bonds is 4. The Morgan fingerprint density at radius 2 is 2.14 bits per heavy atom. The van der Waals surface area contributed by atoms with Crippen molar-refractivity contribution in [1.82, 2.24) is 10.3 Å². The normalized spacial score (nSPS) is 12.0. The first-order chi connectivity index (χ1) is 9.90. The van der Waals surface area contributed by atoms with Gasteiger partial charge in [-0.25, -0.2) is 4.98 Å². The first kappa shape index (κ1) is 15.1. The van der Waals surface area contributed by atoms with E-state index in [1.165, 1.54) is 23.5 Å². The van der Waals surface area contributed by atoms with Crippen LogP contribution in [0, 0.1) is 24.0 Å². The van der Waals surface area contributed by atoms with Crippen LogP contribution in [0.5, 0.6) is 0 Å². The summed E-state index contributed by atoms with van der Waals surface area (Å²) in [4.78, 5) is 27.0. The minimum Gasteiger partial charge on any atom is -0.344 e. The first-order valence-electron chi connectivity index (χ1n) is 6.37. The maximum Gasteiger partial charge on any atom is 0.273 e. The van der Waals surface area contributed by atoms with Gasteiger partial charge in [-0.3, -0.25) is 14.9 Å². The molecular weight excluding hydrogens is 290 g/mol. The van der Waals surface area contributed by atoms with Crippen molar-refractivity contribution in [3.8, 4) is 0 Å². The number of amides is 1. The number of carbonyl (C=O) groups is 1. The van der Waals surface area contributed by atoms with Gasteiger partial charge in [0, 0.05) is 22.6 Å². The van der Waals surface area contributed by atoms with Gasteiger partial charge in [0.05, 0.1) is 21.7 Å². The zero-order valence-corrected chi connectivity index (χ0v) is 12.7. The number of thiazole rings is 1. The van der Waals surface area contributed by atoms with Gasteiger partial charge in [0.25, 0.3) is 11.6 Å². The highest BCUT2D eigenvalue weighted by molar-refractivity contribution is 7.09. The second-order valence-electron chi connectivity index (χ2n) is 4.69. The molecule has 0 fully saturated rings. The van der Waals surface area contributed by atoms with E-state index >= 15 is 0 Å². The van der Waals surface area contributed by atoms with Gasteiger partial charge in [-0.1, -0.05) is 6.07 Å². The molecule has 0 spiro atoms. The van der Waals surface area contributed by atoms with Crippen LogP contribution in [0.1, 0.15) is 39.6 Å². The van der Waals surface area contributed by atoms with E-state index in [0.717, 1.165) is 10.7 Å². The number of hydrogen-bond donors (Lipinski definition) is 1. The van der Waals surface area contributed by atoms with Gasteiger partial charge >= 0.3 is 0 Å². The molecule has 1 atom stereocenters. The number of nitro groups is 1. The summed E-state index contributed by atoms with van der Waals surface area (Å²) in [5.74, 6) is -0.339. The molecule has 0 aliphatic rings. The fourth-order valence-electron chi connectivity index (χ4n) is 1.99. The number of nitrogens with zero attached hydrogens (tertiary/aromatic N) is 2. The first-order valence-corrected chi connectivity index (χ1v) is 7.25. The number of benzene rings is 1. The van der Waals surface area contributed by atoms with Crippen LogP contribution in [0.15, 0.2) is 23.6 Å². The smallest absolute Gasteiger partial charge is 0.273 e. The second kappa shape index (κ2) is 6.01. The number of aryl methyl sites for hydroxylation is 1. The monoisotopic (exact) mass is 305 g/mol. The largest absolute Gasteiger partial charge is 0.344 e. The standard InChI is InChI=1S/C14H15N3O3S/c1-8-11(5-4-6-13(8)17(19)20)14(18)15-9(2)12-7-21-10(3)16-12/h4-7,9H,1-3H3,(H,15,18). The molecule has 1 amide bonds. The molecule has 2 rings (SSSR count). The number of nitrogens with one attached hydrogen (secondary N) is 1. The van der Waals surface area contributed by atoms with E-state index in [0.29, 0.717) is 11.1 Å². The molecular formula is C14H15N3O3S. The van der Waals surface area contributed by atoms with Gasteiger partial charge in [-0.2, -0.15) is 0 Å². The van der Waals surface area contributed by atoms with Crippen molar-refractivity contribution in [3.63, 3.8) is 0 Å². The van der Waals surface area contributed by atoms with Gasteiger partial charge in [-0.05, 0) is 26.8 Å². The number of nitro benzene ring substituents is 1. The summed E-state index contributed by atoms with van der Waals surface area (Å²) in [6, 6.07) is 4.23. The molecule has 1 aromatic heterocycles. The van der Waals surface area contributed by atoms with Crippen LogP contribution >= 0.6 is 11.3 Å². The lowest BCUT2D eigenvalue weighted by Crippen LogP contribution is -2.27. The van der Waals surface area contributed by atoms with Crippen molar-refractivity contribution in [2.75, 3.05) is 0 Å². The molecule has 21 heavy (non-hydrogen) atoms. The lowest BCUT2D eigenvalue weighted by molar-refractivity contribution is -0.385. The zero-order valence-electron chi connectivity index (χ0n) is 11.9. The van der Waals surface area contributed by atoms with Gasteiger partial charge in [0.2, 0.25) is 0 Å². The van der Waals surface area contributed by atoms with Crippen LogP contribution in [-0.2, 0) is 0 Å². The van der Waals surface area contributed by atoms with Gasteiger partial charge in [0.1, 0.15) is 0 Å². The maximum atomic E-state index is 12.3. The topological polar surface area (TPSA) is 85.1 Å². The maximum absolute atomic E-state index is 12.3. The third kappa shape index (κ3) is 3.25. The molecule has 1 N–H and O–H groups in total. The number of hydrogen-bond acceptors (Lipinski definition) is 5. The molecule has 0 radical (unpaired) electrons. The highest BCUT2D eigenvalue weighted by Crippen LogP contribution is 2.22. The van der Waals surface area contributed by atoms with E-state index < -0.39 is 4.92 Å². The minimum atomic E-state index is -0.487. The number of aromatic nitrogens is 1. The average Bonchev–Trinajstić information content (AvgIpc) is 2.85. The molecule has 6 nitrogen and oxygen atoms in total. The molecule has 0 aliphatic carbocycles. The predicted molar refractivity (Wildman–Crippen MR) is 80.6 cm³/mol. The van der Waals surface area contributed by atoms with Gasteiger partial charge < -0.3 is 5.32 Å². The highest BCUT2D eigenvalue weighted by atomic mass is 32.1. The zero-order chi connectivity index (χ0) is 15.6. The molecule has 7 heteroatoms. The predicted octanol–water partition coefficient (Wildman–Crippen LogP) is 3.16. The van der Waals surface area contributed by atoms with Crippen molar-refractivity contribution < 1.29 is 9.72 Å². The van der Waals surface area contributed by atoms with Crippen LogP contribution in [-0.4, -0.2) is 15.8 Å². The Bertz CT molecular complexity index is 697. The third-order valence-corrected chi connectivity index (χ3v) is 3.97. The molecule has 0 saturated carbocycles. The molecule has 0 bridgehead atoms. The van der Waals surface area contributed by atoms with Crippen molar-refractivity contribution >= 4 is 22.9 Å². The second-order valence-corrected chi connectivity index (χ2v) is 5.76. The SMILES string of the molecule is Cc1nc(C(C)NC(=O)c2cccc([N+](=O)[O-])c2C)cs1. The summed E-state index contributed by atoms with van der Waals surface area (Å²) in [6.07, 6.45) is 0. The Kier molecular flexibility index (Phi) is 4.32. The Morgan fingerprint density at radius 3 is 2.71 bits per heavy atom. The van der Waals surface area contributed by atoms with Gasteiger partial charge in [0.15, 0.2) is 0 Å². The third-order valence-electron chi connectivity index (χ3n) is 3.17. The summed E-state index contributed by atoms with van der Waals surface area (Å²) in [7, 11) is 0. The van der Waals surface area contributed by atoms with Crippen molar-refractivity contribution in [1.29, 1.82) is 0 Å². The molecule has 0 aliphatic heterocycles. The van der Waals surface area contributed by atoms with Crippen LogP contribution in [0.4, 0.5) is 5.69 Å². The molecule has 110 valence electrons. The minimum absolute atomic E-state index is 0.0557. The van der Waals surface area contributed by atoms with Crippen LogP contribution in [0.25, 0.3) is 0 Å². The van der Waals surface area contributed by atoms with Crippen LogP contribution < -0.4 is 5.32 Å². The van der Waals surface area contributed by atoms with Crippen LogP contribution in [0.3, 0.4) is 0 Å². The number of carbonyl (C=O) groups excluding carboxylic acids is 1. The summed E-state index contributed by atoms with van der Waals surface area (Å²) < 4.78 is 0. The van der Waals surface area contributed by atoms with E-state index in [-0.39, 0.29) is 17.6 Å². The molecule has 0 saturated heterocycles. The van der Waals surface area contributed by atoms with E-state index in [9.17, 15) is 14.9 Å². The summed E-state index contributed by atoms with van der Waals surface area (Å²) in [5, 5.41) is 16.5. The fraction of sp³-hybridized carbons (Fsp3) is 0.286. The Labute approximate surface area is 126 Å². The van der Waals surface area contributed by atoms with E-state index in [4.69, 9.17) is 0 Å². The van der Waals surface area contributed by atoms with E-state index in [2.05, 4.69) is 10.3 Å². The Hall–Kier alpha value is -2.28. The van der Waals surface area contributed by atoms with E-state index in [1.807, 2.05) is 19.2 Å². The molecule has 1 aromatic carbocycles. The van der Waals surface area contributed by atoms with Crippen molar-refractivity contribution in [2.24, 2.45) is 0 Å². The Morgan fingerprint density at radius 1 is 1.43 bits per heavy atom. The van der Waals surface area contributed by atoms with Crippen molar-refractivity contribution in [2.45, 2.75) is 26.8 Å². The summed E-state index contributed by atoms with van der Waals surface area (Å²) in [6.45, 7) is 5.30. The summed E-state index contributed by atoms with van der Waals surface area (Å²) >= 11 is 1.51. The fourth-order valence-corrected chi connectivity index (χ4v) is 2.70. The average molecular weight is 305 g/mol. The van der Waals surface area contributed by atoms with Crippen LogP contribution in [0.2, 0.25) is 0 Å². The van der Waals surface area contributed by atoms with Crippen molar-refractivity contribution in [3.05, 3.63) is 55.5 Å². The lowest BCUT2D eigenvalue weighted by Gasteiger charge is -2.13.